The molecule has 6 rings (SSSR count). The van der Waals surface area contributed by atoms with Gasteiger partial charge in [-0.25, -0.2) is 8.42 Å². The van der Waals surface area contributed by atoms with Crippen molar-refractivity contribution in [3.05, 3.63) is 76.4 Å². The maximum absolute atomic E-state index is 13.7. The van der Waals surface area contributed by atoms with Crippen LogP contribution in [-0.2, 0) is 22.6 Å². The minimum Gasteiger partial charge on any atom is -0.282 e. The van der Waals surface area contributed by atoms with Crippen LogP contribution in [0.3, 0.4) is 0 Å². The molecule has 2 aromatic heterocycles. The quantitative estimate of drug-likeness (QED) is 0.657. The second-order valence-electron chi connectivity index (χ2n) is 8.26. The summed E-state index contributed by atoms with van der Waals surface area (Å²) in [6.45, 7) is 0. The standard InChI is InChI=1S/C21H17F3N4O2S/c22-21(23,24)18-7-6-12(9-25-18)31(29,30)28-17-8-16-15(10-26-27-16)20(28)14-3-1-2-13(19(14)17)11-4-5-11/h1-3,6-7,9-11,17,20H,4-5,8H2,(H,26,27). The van der Waals surface area contributed by atoms with Crippen molar-refractivity contribution in [1.82, 2.24) is 19.5 Å². The van der Waals surface area contributed by atoms with Gasteiger partial charge < -0.3 is 0 Å². The number of rotatable bonds is 3. The number of nitrogens with zero attached hydrogens (tertiary/aromatic N) is 3. The number of halogens is 3. The highest BCUT2D eigenvalue weighted by Crippen LogP contribution is 2.57. The average Bonchev–Trinajstić information content (AvgIpc) is 3.42. The van der Waals surface area contributed by atoms with Crippen molar-refractivity contribution in [2.45, 2.75) is 48.3 Å². The Morgan fingerprint density at radius 2 is 1.81 bits per heavy atom. The zero-order valence-corrected chi connectivity index (χ0v) is 16.9. The Hall–Kier alpha value is -2.72. The predicted molar refractivity (Wildman–Crippen MR) is 104 cm³/mol. The van der Waals surface area contributed by atoms with Crippen molar-refractivity contribution in [1.29, 1.82) is 0 Å². The van der Waals surface area contributed by atoms with Crippen LogP contribution in [0.4, 0.5) is 13.2 Å². The number of hydrogen-bond donors (Lipinski definition) is 1. The van der Waals surface area contributed by atoms with Crippen LogP contribution in [0.1, 0.15) is 64.5 Å². The van der Waals surface area contributed by atoms with Gasteiger partial charge in [0.15, 0.2) is 0 Å². The SMILES string of the molecule is O=S(=O)(c1ccc(C(F)(F)F)nc1)N1C2Cc3[nH]ncc3C1c1cccc(C3CC3)c12. The van der Waals surface area contributed by atoms with E-state index in [0.29, 0.717) is 18.4 Å². The van der Waals surface area contributed by atoms with Crippen molar-refractivity contribution in [2.75, 3.05) is 0 Å². The zero-order valence-electron chi connectivity index (χ0n) is 16.1. The molecule has 0 radical (unpaired) electrons. The van der Waals surface area contributed by atoms with Crippen LogP contribution in [0.2, 0.25) is 0 Å². The Balaban J connectivity index is 1.50. The average molecular weight is 446 g/mol. The van der Waals surface area contributed by atoms with Crippen molar-refractivity contribution >= 4 is 10.0 Å². The molecule has 10 heteroatoms. The van der Waals surface area contributed by atoms with Crippen molar-refractivity contribution in [3.8, 4) is 0 Å². The predicted octanol–water partition coefficient (Wildman–Crippen LogP) is 4.09. The molecule has 1 aromatic carbocycles. The van der Waals surface area contributed by atoms with E-state index >= 15 is 0 Å². The summed E-state index contributed by atoms with van der Waals surface area (Å²) in [5.41, 5.74) is 3.69. The molecule has 1 aliphatic carbocycles. The Labute approximate surface area is 176 Å². The molecule has 1 fully saturated rings. The number of fused-ring (bicyclic) bond motifs is 7. The lowest BCUT2D eigenvalue weighted by atomic mass is 9.94. The second kappa shape index (κ2) is 6.17. The van der Waals surface area contributed by atoms with Gasteiger partial charge in [0.2, 0.25) is 10.0 Å². The summed E-state index contributed by atoms with van der Waals surface area (Å²) in [4.78, 5) is 3.12. The molecule has 3 aromatic rings. The topological polar surface area (TPSA) is 79.0 Å². The number of aromatic nitrogens is 3. The van der Waals surface area contributed by atoms with E-state index < -0.39 is 34.0 Å². The maximum atomic E-state index is 13.7. The van der Waals surface area contributed by atoms with Gasteiger partial charge in [-0.2, -0.15) is 22.6 Å². The maximum Gasteiger partial charge on any atom is 0.433 e. The van der Waals surface area contributed by atoms with E-state index in [-0.39, 0.29) is 4.90 Å². The van der Waals surface area contributed by atoms with Gasteiger partial charge in [0, 0.05) is 23.9 Å². The molecule has 1 N–H and O–H groups in total. The first-order valence-corrected chi connectivity index (χ1v) is 11.4. The zero-order chi connectivity index (χ0) is 21.5. The Bertz CT molecular complexity index is 1300. The third-order valence-corrected chi connectivity index (χ3v) is 8.28. The molecule has 1 saturated carbocycles. The summed E-state index contributed by atoms with van der Waals surface area (Å²) in [7, 11) is -4.11. The molecular weight excluding hydrogens is 429 g/mol. The summed E-state index contributed by atoms with van der Waals surface area (Å²) in [5.74, 6) is 0.433. The molecule has 4 heterocycles. The first-order chi connectivity index (χ1) is 14.8. The van der Waals surface area contributed by atoms with Crippen molar-refractivity contribution < 1.29 is 21.6 Å². The van der Waals surface area contributed by atoms with E-state index in [0.717, 1.165) is 47.5 Å². The first-order valence-electron chi connectivity index (χ1n) is 9.98. The summed E-state index contributed by atoms with van der Waals surface area (Å²) in [5, 5.41) is 7.09. The van der Waals surface area contributed by atoms with Crippen molar-refractivity contribution in [3.63, 3.8) is 0 Å². The van der Waals surface area contributed by atoms with Crippen LogP contribution in [0.25, 0.3) is 0 Å². The molecule has 2 aliphatic heterocycles. The molecule has 0 saturated heterocycles. The van der Waals surface area contributed by atoms with E-state index in [9.17, 15) is 21.6 Å². The van der Waals surface area contributed by atoms with E-state index in [2.05, 4.69) is 21.2 Å². The molecule has 2 atom stereocenters. The molecule has 160 valence electrons. The van der Waals surface area contributed by atoms with Gasteiger partial charge in [0.1, 0.15) is 10.6 Å². The normalized spacial score (nSPS) is 22.9. The van der Waals surface area contributed by atoms with Gasteiger partial charge >= 0.3 is 6.18 Å². The third kappa shape index (κ3) is 2.71. The smallest absolute Gasteiger partial charge is 0.282 e. The van der Waals surface area contributed by atoms with Crippen LogP contribution in [-0.4, -0.2) is 27.9 Å². The van der Waals surface area contributed by atoms with Crippen LogP contribution in [0, 0.1) is 0 Å². The Kier molecular flexibility index (Phi) is 3.78. The summed E-state index contributed by atoms with van der Waals surface area (Å²) in [6, 6.07) is 6.67. The Morgan fingerprint density at radius 3 is 2.48 bits per heavy atom. The number of hydrogen-bond acceptors (Lipinski definition) is 4. The van der Waals surface area contributed by atoms with E-state index in [1.165, 1.54) is 9.87 Å². The number of H-pyrrole nitrogens is 1. The summed E-state index contributed by atoms with van der Waals surface area (Å²) < 4.78 is 67.5. The molecule has 6 nitrogen and oxygen atoms in total. The van der Waals surface area contributed by atoms with Gasteiger partial charge in [0.25, 0.3) is 0 Å². The fraction of sp³-hybridized carbons (Fsp3) is 0.333. The van der Waals surface area contributed by atoms with E-state index in [1.54, 1.807) is 6.20 Å². The Morgan fingerprint density at radius 1 is 1.03 bits per heavy atom. The number of sulfonamides is 1. The molecule has 0 amide bonds. The fourth-order valence-corrected chi connectivity index (χ4v) is 6.65. The lowest BCUT2D eigenvalue weighted by molar-refractivity contribution is -0.141. The number of aromatic amines is 1. The summed E-state index contributed by atoms with van der Waals surface area (Å²) >= 11 is 0. The van der Waals surface area contributed by atoms with Gasteiger partial charge in [0.05, 0.1) is 18.3 Å². The van der Waals surface area contributed by atoms with Crippen LogP contribution in [0.5, 0.6) is 0 Å². The number of alkyl halides is 3. The molecule has 31 heavy (non-hydrogen) atoms. The molecule has 3 aliphatic rings. The molecule has 2 bridgehead atoms. The van der Waals surface area contributed by atoms with Crippen LogP contribution in [0.15, 0.2) is 47.6 Å². The lowest BCUT2D eigenvalue weighted by Gasteiger charge is -2.33. The highest BCUT2D eigenvalue weighted by atomic mass is 32.2. The van der Waals surface area contributed by atoms with Crippen molar-refractivity contribution in [2.24, 2.45) is 0 Å². The summed E-state index contributed by atoms with van der Waals surface area (Å²) in [6.07, 6.45) is 0.410. The third-order valence-electron chi connectivity index (χ3n) is 6.43. The van der Waals surface area contributed by atoms with Gasteiger partial charge in [-0.3, -0.25) is 10.1 Å². The minimum absolute atomic E-state index is 0.247. The molecular formula is C21H17F3N4O2S. The first kappa shape index (κ1) is 19.0. The highest BCUT2D eigenvalue weighted by molar-refractivity contribution is 7.89. The lowest BCUT2D eigenvalue weighted by Crippen LogP contribution is -2.37. The second-order valence-corrected chi connectivity index (χ2v) is 10.1. The van der Waals surface area contributed by atoms with Crippen LogP contribution < -0.4 is 0 Å². The van der Waals surface area contributed by atoms with Gasteiger partial charge in [-0.1, -0.05) is 18.2 Å². The van der Waals surface area contributed by atoms with E-state index in [4.69, 9.17) is 0 Å². The largest absolute Gasteiger partial charge is 0.433 e. The number of benzene rings is 1. The molecule has 2 unspecified atom stereocenters. The minimum atomic E-state index is -4.63. The molecule has 0 spiro atoms. The van der Waals surface area contributed by atoms with E-state index in [1.807, 2.05) is 12.1 Å². The highest BCUT2D eigenvalue weighted by Gasteiger charge is 2.52. The van der Waals surface area contributed by atoms with Gasteiger partial charge in [-0.05, 0) is 47.6 Å². The number of nitrogens with one attached hydrogen (secondary N) is 1. The van der Waals surface area contributed by atoms with Crippen LogP contribution >= 0.6 is 0 Å². The van der Waals surface area contributed by atoms with Gasteiger partial charge in [-0.15, -0.1) is 0 Å². The number of pyridine rings is 1. The monoisotopic (exact) mass is 446 g/mol. The fourth-order valence-electron chi connectivity index (χ4n) is 4.96.